The number of methoxy groups -OCH3 is 2. The molecule has 4 nitrogen and oxygen atoms in total. The third-order valence-corrected chi connectivity index (χ3v) is 3.80. The number of rotatable bonds is 4. The highest BCUT2D eigenvalue weighted by atomic mass is 16.5. The van der Waals surface area contributed by atoms with E-state index in [2.05, 4.69) is 12.1 Å². The van der Waals surface area contributed by atoms with Crippen molar-refractivity contribution in [2.45, 2.75) is 18.3 Å². The van der Waals surface area contributed by atoms with Gasteiger partial charge in [0, 0.05) is 31.2 Å². The van der Waals surface area contributed by atoms with E-state index in [4.69, 9.17) is 19.9 Å². The molecule has 0 unspecified atom stereocenters. The molecule has 0 aromatic heterocycles. The van der Waals surface area contributed by atoms with Crippen molar-refractivity contribution < 1.29 is 14.2 Å². The monoisotopic (exact) mass is 251 g/mol. The Morgan fingerprint density at radius 3 is 2.11 bits per heavy atom. The molecule has 0 amide bonds. The third-order valence-electron chi connectivity index (χ3n) is 3.80. The number of hydrogen-bond donors (Lipinski definition) is 1. The minimum Gasteiger partial charge on any atom is -0.497 e. The molecule has 100 valence electrons. The van der Waals surface area contributed by atoms with Crippen LogP contribution in [0, 0.1) is 0 Å². The average molecular weight is 251 g/mol. The highest BCUT2D eigenvalue weighted by Gasteiger charge is 2.33. The van der Waals surface area contributed by atoms with Crippen LogP contribution >= 0.6 is 0 Å². The second-order valence-electron chi connectivity index (χ2n) is 4.70. The molecule has 1 aromatic carbocycles. The van der Waals surface area contributed by atoms with E-state index in [-0.39, 0.29) is 5.41 Å². The van der Waals surface area contributed by atoms with Gasteiger partial charge < -0.3 is 19.9 Å². The Balaban J connectivity index is 2.40. The van der Waals surface area contributed by atoms with Crippen molar-refractivity contribution in [3.63, 3.8) is 0 Å². The molecule has 2 N–H and O–H groups in total. The molecular formula is C14H21NO3. The van der Waals surface area contributed by atoms with E-state index < -0.39 is 0 Å². The first-order valence-electron chi connectivity index (χ1n) is 6.25. The maximum absolute atomic E-state index is 6.02. The van der Waals surface area contributed by atoms with E-state index in [0.29, 0.717) is 6.54 Å². The summed E-state index contributed by atoms with van der Waals surface area (Å²) in [5.74, 6) is 1.62. The van der Waals surface area contributed by atoms with Crippen molar-refractivity contribution >= 4 is 0 Å². The lowest BCUT2D eigenvalue weighted by molar-refractivity contribution is 0.0528. The fourth-order valence-electron chi connectivity index (χ4n) is 2.49. The summed E-state index contributed by atoms with van der Waals surface area (Å²) in [6.45, 7) is 2.14. The predicted molar refractivity (Wildman–Crippen MR) is 70.3 cm³/mol. The smallest absolute Gasteiger partial charge is 0.122 e. The van der Waals surface area contributed by atoms with Crippen LogP contribution in [0.1, 0.15) is 18.4 Å². The van der Waals surface area contributed by atoms with Gasteiger partial charge in [0.2, 0.25) is 0 Å². The minimum absolute atomic E-state index is 0.0138. The Kier molecular flexibility index (Phi) is 4.09. The summed E-state index contributed by atoms with van der Waals surface area (Å²) in [5.41, 5.74) is 7.19. The topological polar surface area (TPSA) is 53.7 Å². The highest BCUT2D eigenvalue weighted by molar-refractivity contribution is 5.42. The molecule has 1 aromatic rings. The van der Waals surface area contributed by atoms with Crippen LogP contribution in [-0.2, 0) is 10.2 Å². The van der Waals surface area contributed by atoms with Crippen molar-refractivity contribution in [2.24, 2.45) is 5.73 Å². The molecule has 1 saturated heterocycles. The molecule has 0 radical (unpaired) electrons. The van der Waals surface area contributed by atoms with Crippen LogP contribution in [0.15, 0.2) is 18.2 Å². The van der Waals surface area contributed by atoms with Gasteiger partial charge in [0.1, 0.15) is 11.5 Å². The molecule has 1 fully saturated rings. The van der Waals surface area contributed by atoms with E-state index >= 15 is 0 Å². The Morgan fingerprint density at radius 2 is 1.67 bits per heavy atom. The second-order valence-corrected chi connectivity index (χ2v) is 4.70. The Labute approximate surface area is 108 Å². The number of benzene rings is 1. The molecule has 0 bridgehead atoms. The normalized spacial score (nSPS) is 18.4. The quantitative estimate of drug-likeness (QED) is 0.885. The van der Waals surface area contributed by atoms with Gasteiger partial charge in [0.25, 0.3) is 0 Å². The van der Waals surface area contributed by atoms with Gasteiger partial charge in [-0.05, 0) is 30.5 Å². The molecular weight excluding hydrogens is 230 g/mol. The third kappa shape index (κ3) is 2.44. The summed E-state index contributed by atoms with van der Waals surface area (Å²) in [5, 5.41) is 0. The zero-order valence-corrected chi connectivity index (χ0v) is 11.1. The fourth-order valence-corrected chi connectivity index (χ4v) is 2.49. The first-order chi connectivity index (χ1) is 8.74. The van der Waals surface area contributed by atoms with Crippen LogP contribution < -0.4 is 15.2 Å². The predicted octanol–water partition coefficient (Wildman–Crippen LogP) is 1.71. The summed E-state index contributed by atoms with van der Waals surface area (Å²) in [4.78, 5) is 0. The largest absolute Gasteiger partial charge is 0.497 e. The molecule has 0 aliphatic carbocycles. The van der Waals surface area contributed by atoms with Crippen LogP contribution in [0.5, 0.6) is 11.5 Å². The van der Waals surface area contributed by atoms with E-state index in [1.807, 2.05) is 6.07 Å². The Bertz CT molecular complexity index is 378. The SMILES string of the molecule is COc1cc(OC)cc(C2(CN)CCOCC2)c1. The lowest BCUT2D eigenvalue weighted by Gasteiger charge is -2.37. The van der Waals surface area contributed by atoms with Crippen molar-refractivity contribution in [1.82, 2.24) is 0 Å². The van der Waals surface area contributed by atoms with Crippen LogP contribution in [0.3, 0.4) is 0 Å². The summed E-state index contributed by atoms with van der Waals surface area (Å²) < 4.78 is 16.1. The summed E-state index contributed by atoms with van der Waals surface area (Å²) >= 11 is 0. The van der Waals surface area contributed by atoms with Gasteiger partial charge in [-0.25, -0.2) is 0 Å². The van der Waals surface area contributed by atoms with Gasteiger partial charge in [0.15, 0.2) is 0 Å². The van der Waals surface area contributed by atoms with Crippen LogP contribution in [-0.4, -0.2) is 34.0 Å². The van der Waals surface area contributed by atoms with E-state index in [1.54, 1.807) is 14.2 Å². The number of ether oxygens (including phenoxy) is 3. The second kappa shape index (κ2) is 5.59. The maximum Gasteiger partial charge on any atom is 0.122 e. The van der Waals surface area contributed by atoms with E-state index in [0.717, 1.165) is 37.6 Å². The molecule has 1 aliphatic heterocycles. The fraction of sp³-hybridized carbons (Fsp3) is 0.571. The number of hydrogen-bond acceptors (Lipinski definition) is 4. The standard InChI is InChI=1S/C14H21NO3/c1-16-12-7-11(8-13(9-12)17-2)14(10-15)3-5-18-6-4-14/h7-9H,3-6,10,15H2,1-2H3. The molecule has 18 heavy (non-hydrogen) atoms. The van der Waals surface area contributed by atoms with Gasteiger partial charge in [-0.2, -0.15) is 0 Å². The van der Waals surface area contributed by atoms with Crippen molar-refractivity contribution in [2.75, 3.05) is 34.0 Å². The van der Waals surface area contributed by atoms with Crippen molar-refractivity contribution in [3.05, 3.63) is 23.8 Å². The van der Waals surface area contributed by atoms with Crippen molar-refractivity contribution in [1.29, 1.82) is 0 Å². The molecule has 0 spiro atoms. The Morgan fingerprint density at radius 1 is 1.11 bits per heavy atom. The number of nitrogens with two attached hydrogens (primary N) is 1. The zero-order valence-electron chi connectivity index (χ0n) is 11.1. The lowest BCUT2D eigenvalue weighted by atomic mass is 9.74. The lowest BCUT2D eigenvalue weighted by Crippen LogP contribution is -2.40. The molecule has 1 aliphatic rings. The molecule has 1 heterocycles. The minimum atomic E-state index is -0.0138. The van der Waals surface area contributed by atoms with Gasteiger partial charge in [0.05, 0.1) is 14.2 Å². The first-order valence-corrected chi connectivity index (χ1v) is 6.25. The summed E-state index contributed by atoms with van der Waals surface area (Å²) in [6.07, 6.45) is 1.89. The van der Waals surface area contributed by atoms with Crippen molar-refractivity contribution in [3.8, 4) is 11.5 Å². The van der Waals surface area contributed by atoms with Gasteiger partial charge in [-0.3, -0.25) is 0 Å². The van der Waals surface area contributed by atoms with Gasteiger partial charge in [-0.1, -0.05) is 0 Å². The summed E-state index contributed by atoms with van der Waals surface area (Å²) in [6, 6.07) is 5.99. The van der Waals surface area contributed by atoms with Gasteiger partial charge in [-0.15, -0.1) is 0 Å². The van der Waals surface area contributed by atoms with Crippen LogP contribution in [0.4, 0.5) is 0 Å². The molecule has 2 rings (SSSR count). The Hall–Kier alpha value is -1.26. The van der Waals surface area contributed by atoms with E-state index in [9.17, 15) is 0 Å². The first kappa shape index (κ1) is 13.2. The van der Waals surface area contributed by atoms with Crippen LogP contribution in [0.2, 0.25) is 0 Å². The van der Waals surface area contributed by atoms with E-state index in [1.165, 1.54) is 5.56 Å². The highest BCUT2D eigenvalue weighted by Crippen LogP contribution is 2.37. The maximum atomic E-state index is 6.02. The molecule has 4 heteroatoms. The molecule has 0 saturated carbocycles. The molecule has 0 atom stereocenters. The zero-order chi connectivity index (χ0) is 13.0. The summed E-state index contributed by atoms with van der Waals surface area (Å²) in [7, 11) is 3.33. The van der Waals surface area contributed by atoms with Crippen LogP contribution in [0.25, 0.3) is 0 Å². The average Bonchev–Trinajstić information content (AvgIpc) is 2.47. The van der Waals surface area contributed by atoms with Gasteiger partial charge >= 0.3 is 0 Å².